The third-order valence-corrected chi connectivity index (χ3v) is 3.05. The Hall–Kier alpha value is -1.74. The van der Waals surface area contributed by atoms with Gasteiger partial charge in [0.1, 0.15) is 11.6 Å². The number of halogens is 2. The predicted octanol–water partition coefficient (Wildman–Crippen LogP) is 4.47. The van der Waals surface area contributed by atoms with Gasteiger partial charge in [-0.1, -0.05) is 17.7 Å². The fourth-order valence-electron chi connectivity index (χ4n) is 1.54. The molecular weight excluding hydrogens is 253 g/mol. The summed E-state index contributed by atoms with van der Waals surface area (Å²) in [6.07, 6.45) is 0. The number of ether oxygens (including phenoxy) is 1. The number of nitrogen functional groups attached to an aromatic ring is 1. The highest BCUT2D eigenvalue weighted by Crippen LogP contribution is 2.32. The van der Waals surface area contributed by atoms with Crippen molar-refractivity contribution in [2.75, 3.05) is 5.73 Å². The van der Waals surface area contributed by atoms with Crippen LogP contribution in [0.3, 0.4) is 0 Å². The number of benzene rings is 2. The third kappa shape index (κ3) is 2.57. The maximum atomic E-state index is 13.1. The van der Waals surface area contributed by atoms with Crippen LogP contribution in [0.25, 0.3) is 0 Å². The Morgan fingerprint density at radius 1 is 1.11 bits per heavy atom. The first kappa shape index (κ1) is 12.7. The van der Waals surface area contributed by atoms with E-state index < -0.39 is 5.82 Å². The molecular formula is C14H13ClFNO. The molecule has 18 heavy (non-hydrogen) atoms. The van der Waals surface area contributed by atoms with Gasteiger partial charge in [-0.3, -0.25) is 0 Å². The van der Waals surface area contributed by atoms with Crippen LogP contribution >= 0.6 is 11.6 Å². The molecule has 2 nitrogen and oxygen atoms in total. The standard InChI is InChI=1S/C14H13ClFNO/c1-8-3-4-10(5-9(8)2)18-14-6-11(15)12(16)7-13(14)17/h3-7H,17H2,1-2H3. The molecule has 0 saturated carbocycles. The predicted molar refractivity (Wildman–Crippen MR) is 71.8 cm³/mol. The average molecular weight is 266 g/mol. The smallest absolute Gasteiger partial charge is 0.151 e. The van der Waals surface area contributed by atoms with E-state index in [1.54, 1.807) is 0 Å². The van der Waals surface area contributed by atoms with Gasteiger partial charge < -0.3 is 10.5 Å². The van der Waals surface area contributed by atoms with E-state index >= 15 is 0 Å². The van der Waals surface area contributed by atoms with Gasteiger partial charge in [-0.05, 0) is 37.1 Å². The van der Waals surface area contributed by atoms with Crippen LogP contribution in [0.1, 0.15) is 11.1 Å². The molecule has 0 aromatic heterocycles. The van der Waals surface area contributed by atoms with E-state index in [-0.39, 0.29) is 10.7 Å². The Morgan fingerprint density at radius 2 is 1.83 bits per heavy atom. The van der Waals surface area contributed by atoms with E-state index in [0.29, 0.717) is 11.5 Å². The Balaban J connectivity index is 2.34. The Morgan fingerprint density at radius 3 is 2.50 bits per heavy atom. The molecule has 2 aromatic carbocycles. The summed E-state index contributed by atoms with van der Waals surface area (Å²) >= 11 is 5.70. The summed E-state index contributed by atoms with van der Waals surface area (Å²) in [4.78, 5) is 0. The molecule has 0 unspecified atom stereocenters. The number of aryl methyl sites for hydroxylation is 2. The number of hydrogen-bond donors (Lipinski definition) is 1. The Bertz CT molecular complexity index is 599. The highest BCUT2D eigenvalue weighted by molar-refractivity contribution is 6.31. The van der Waals surface area contributed by atoms with Gasteiger partial charge in [0.2, 0.25) is 0 Å². The van der Waals surface area contributed by atoms with Gasteiger partial charge >= 0.3 is 0 Å². The summed E-state index contributed by atoms with van der Waals surface area (Å²) in [5.41, 5.74) is 8.18. The van der Waals surface area contributed by atoms with Crippen molar-refractivity contribution < 1.29 is 9.13 Å². The molecule has 2 aromatic rings. The van der Waals surface area contributed by atoms with Crippen LogP contribution in [0, 0.1) is 19.7 Å². The Labute approximate surface area is 110 Å². The normalized spacial score (nSPS) is 10.4. The molecule has 0 amide bonds. The second kappa shape index (κ2) is 4.86. The number of nitrogens with two attached hydrogens (primary N) is 1. The second-order valence-corrected chi connectivity index (χ2v) is 4.56. The van der Waals surface area contributed by atoms with E-state index in [1.165, 1.54) is 11.6 Å². The molecule has 0 atom stereocenters. The molecule has 0 fully saturated rings. The van der Waals surface area contributed by atoms with Crippen LogP contribution < -0.4 is 10.5 Å². The van der Waals surface area contributed by atoms with Gasteiger partial charge in [0.15, 0.2) is 5.75 Å². The van der Waals surface area contributed by atoms with Gasteiger partial charge in [-0.25, -0.2) is 4.39 Å². The zero-order chi connectivity index (χ0) is 13.3. The average Bonchev–Trinajstić information content (AvgIpc) is 2.31. The Kier molecular flexibility index (Phi) is 3.43. The van der Waals surface area contributed by atoms with Crippen LogP contribution in [-0.2, 0) is 0 Å². The lowest BCUT2D eigenvalue weighted by Crippen LogP contribution is -1.94. The van der Waals surface area contributed by atoms with Crippen LogP contribution in [0.15, 0.2) is 30.3 Å². The van der Waals surface area contributed by atoms with E-state index in [1.807, 2.05) is 32.0 Å². The fraction of sp³-hybridized carbons (Fsp3) is 0.143. The quantitative estimate of drug-likeness (QED) is 0.813. The minimum absolute atomic E-state index is 0.0111. The van der Waals surface area contributed by atoms with Crippen molar-refractivity contribution in [2.24, 2.45) is 0 Å². The van der Waals surface area contributed by atoms with Crippen LogP contribution in [0.2, 0.25) is 5.02 Å². The molecule has 0 aliphatic rings. The van der Waals surface area contributed by atoms with E-state index in [9.17, 15) is 4.39 Å². The van der Waals surface area contributed by atoms with Gasteiger partial charge in [0.05, 0.1) is 10.7 Å². The van der Waals surface area contributed by atoms with Gasteiger partial charge in [-0.2, -0.15) is 0 Å². The molecule has 2 N–H and O–H groups in total. The molecule has 94 valence electrons. The lowest BCUT2D eigenvalue weighted by molar-refractivity contribution is 0.482. The highest BCUT2D eigenvalue weighted by atomic mass is 35.5. The van der Waals surface area contributed by atoms with Crippen molar-refractivity contribution in [2.45, 2.75) is 13.8 Å². The van der Waals surface area contributed by atoms with Crippen LogP contribution in [0.4, 0.5) is 10.1 Å². The maximum Gasteiger partial charge on any atom is 0.151 e. The zero-order valence-corrected chi connectivity index (χ0v) is 10.9. The molecule has 0 spiro atoms. The van der Waals surface area contributed by atoms with Crippen molar-refractivity contribution in [1.29, 1.82) is 0 Å². The lowest BCUT2D eigenvalue weighted by Gasteiger charge is -2.10. The largest absolute Gasteiger partial charge is 0.455 e. The molecule has 0 aliphatic heterocycles. The van der Waals surface area contributed by atoms with Crippen molar-refractivity contribution in [3.8, 4) is 11.5 Å². The SMILES string of the molecule is Cc1ccc(Oc2cc(Cl)c(F)cc2N)cc1C. The number of rotatable bonds is 2. The van der Waals surface area contributed by atoms with Crippen molar-refractivity contribution in [3.63, 3.8) is 0 Å². The first-order valence-corrected chi connectivity index (χ1v) is 5.85. The molecule has 2 rings (SSSR count). The topological polar surface area (TPSA) is 35.2 Å². The zero-order valence-electron chi connectivity index (χ0n) is 10.1. The molecule has 0 radical (unpaired) electrons. The van der Waals surface area contributed by atoms with Crippen molar-refractivity contribution in [1.82, 2.24) is 0 Å². The minimum Gasteiger partial charge on any atom is -0.455 e. The van der Waals surface area contributed by atoms with E-state index in [0.717, 1.165) is 11.6 Å². The number of hydrogen-bond acceptors (Lipinski definition) is 2. The van der Waals surface area contributed by atoms with E-state index in [2.05, 4.69) is 0 Å². The summed E-state index contributed by atoms with van der Waals surface area (Å²) in [6, 6.07) is 8.21. The molecule has 0 heterocycles. The first-order chi connectivity index (χ1) is 8.47. The lowest BCUT2D eigenvalue weighted by atomic mass is 10.1. The maximum absolute atomic E-state index is 13.1. The first-order valence-electron chi connectivity index (χ1n) is 5.47. The van der Waals surface area contributed by atoms with Gasteiger partial charge in [-0.15, -0.1) is 0 Å². The summed E-state index contributed by atoms with van der Waals surface area (Å²) in [5.74, 6) is 0.443. The second-order valence-electron chi connectivity index (χ2n) is 4.15. The molecule has 0 aliphatic carbocycles. The molecule has 4 heteroatoms. The summed E-state index contributed by atoms with van der Waals surface area (Å²) in [6.45, 7) is 4.01. The molecule has 0 saturated heterocycles. The van der Waals surface area contributed by atoms with Gasteiger partial charge in [0, 0.05) is 12.1 Å². The van der Waals surface area contributed by atoms with Gasteiger partial charge in [0.25, 0.3) is 0 Å². The summed E-state index contributed by atoms with van der Waals surface area (Å²) < 4.78 is 18.8. The minimum atomic E-state index is -0.554. The highest BCUT2D eigenvalue weighted by Gasteiger charge is 2.08. The van der Waals surface area contributed by atoms with Crippen LogP contribution in [-0.4, -0.2) is 0 Å². The summed E-state index contributed by atoms with van der Waals surface area (Å²) in [7, 11) is 0. The molecule has 0 bridgehead atoms. The van der Waals surface area contributed by atoms with Crippen LogP contribution in [0.5, 0.6) is 11.5 Å². The number of anilines is 1. The fourth-order valence-corrected chi connectivity index (χ4v) is 1.69. The van der Waals surface area contributed by atoms with E-state index in [4.69, 9.17) is 22.1 Å². The summed E-state index contributed by atoms with van der Waals surface area (Å²) in [5, 5.41) is -0.0111. The van der Waals surface area contributed by atoms with Crippen molar-refractivity contribution in [3.05, 3.63) is 52.3 Å². The van der Waals surface area contributed by atoms with Crippen molar-refractivity contribution >= 4 is 17.3 Å². The third-order valence-electron chi connectivity index (χ3n) is 2.76. The monoisotopic (exact) mass is 265 g/mol.